The zero-order valence-corrected chi connectivity index (χ0v) is 18.8. The third kappa shape index (κ3) is 8.53. The standard InChI is InChI=1S/C20H33N3O5Si/c1-26-14-19(24)23-13-18(28-15-27-10-11-29(2,3)4)17(21-20(25)22-23)12-16-8-6-5-7-9-16/h5-9,17-18H,10-15H2,1-4H3,(H2,21,22,25)/t17-,18-/m1/s1. The average Bonchev–Trinajstić information content (AvgIpc) is 2.80. The van der Waals surface area contributed by atoms with E-state index in [2.05, 4.69) is 30.4 Å². The smallest absolute Gasteiger partial charge is 0.333 e. The molecule has 2 N–H and O–H groups in total. The normalized spacial score (nSPS) is 20.0. The molecule has 162 valence electrons. The molecule has 0 aromatic heterocycles. The Balaban J connectivity index is 2.04. The summed E-state index contributed by atoms with van der Waals surface area (Å²) in [5.41, 5.74) is 3.64. The van der Waals surface area contributed by atoms with Crippen LogP contribution in [0, 0.1) is 0 Å². The number of hydrazine groups is 1. The van der Waals surface area contributed by atoms with Crippen LogP contribution in [0.1, 0.15) is 5.56 Å². The van der Waals surface area contributed by atoms with E-state index < -0.39 is 20.2 Å². The van der Waals surface area contributed by atoms with Crippen molar-refractivity contribution in [2.75, 3.05) is 33.7 Å². The number of carbonyl (C=O) groups is 2. The van der Waals surface area contributed by atoms with Gasteiger partial charge in [-0.3, -0.25) is 4.79 Å². The Morgan fingerprint density at radius 1 is 1.24 bits per heavy atom. The van der Waals surface area contributed by atoms with Crippen molar-refractivity contribution >= 4 is 20.0 Å². The van der Waals surface area contributed by atoms with Gasteiger partial charge in [0.05, 0.1) is 12.6 Å². The summed E-state index contributed by atoms with van der Waals surface area (Å²) in [6, 6.07) is 10.2. The molecular weight excluding hydrogens is 390 g/mol. The molecule has 8 nitrogen and oxygen atoms in total. The van der Waals surface area contributed by atoms with E-state index in [1.54, 1.807) is 0 Å². The number of hydrogen-bond acceptors (Lipinski definition) is 5. The number of hydrogen-bond donors (Lipinski definition) is 2. The van der Waals surface area contributed by atoms with Gasteiger partial charge in [-0.25, -0.2) is 15.2 Å². The molecule has 0 radical (unpaired) electrons. The Labute approximate surface area is 173 Å². The highest BCUT2D eigenvalue weighted by molar-refractivity contribution is 6.76. The Morgan fingerprint density at radius 3 is 2.62 bits per heavy atom. The highest BCUT2D eigenvalue weighted by Gasteiger charge is 2.33. The van der Waals surface area contributed by atoms with Gasteiger partial charge >= 0.3 is 6.03 Å². The molecule has 0 unspecified atom stereocenters. The van der Waals surface area contributed by atoms with E-state index in [0.717, 1.165) is 11.6 Å². The summed E-state index contributed by atoms with van der Waals surface area (Å²) in [5, 5.41) is 4.16. The SMILES string of the molecule is COCC(=O)N1C[C@@H](OCOCC[Si](C)(C)C)[C@@H](Cc2ccccc2)NC(=O)N1. The van der Waals surface area contributed by atoms with Crippen LogP contribution < -0.4 is 10.7 Å². The van der Waals surface area contributed by atoms with Crippen LogP contribution in [0.2, 0.25) is 25.7 Å². The molecule has 0 spiro atoms. The van der Waals surface area contributed by atoms with Crippen LogP contribution in [0.25, 0.3) is 0 Å². The Morgan fingerprint density at radius 2 is 1.97 bits per heavy atom. The van der Waals surface area contributed by atoms with Crippen LogP contribution in [0.4, 0.5) is 4.79 Å². The van der Waals surface area contributed by atoms with E-state index in [1.807, 2.05) is 30.3 Å². The molecule has 0 bridgehead atoms. The summed E-state index contributed by atoms with van der Waals surface area (Å²) < 4.78 is 16.6. The minimum atomic E-state index is -1.18. The van der Waals surface area contributed by atoms with E-state index in [0.29, 0.717) is 13.0 Å². The third-order valence-corrected chi connectivity index (χ3v) is 6.30. The van der Waals surface area contributed by atoms with Gasteiger partial charge in [0.1, 0.15) is 19.5 Å². The molecule has 3 amide bonds. The van der Waals surface area contributed by atoms with Gasteiger partial charge in [0.15, 0.2) is 0 Å². The van der Waals surface area contributed by atoms with Crippen molar-refractivity contribution in [2.24, 2.45) is 0 Å². The van der Waals surface area contributed by atoms with Crippen LogP contribution >= 0.6 is 0 Å². The number of rotatable bonds is 10. The second kappa shape index (κ2) is 11.3. The zero-order chi connectivity index (χ0) is 21.3. The van der Waals surface area contributed by atoms with E-state index in [9.17, 15) is 9.59 Å². The van der Waals surface area contributed by atoms with Crippen molar-refractivity contribution in [1.82, 2.24) is 15.8 Å². The monoisotopic (exact) mass is 423 g/mol. The van der Waals surface area contributed by atoms with Gasteiger partial charge in [0.2, 0.25) is 0 Å². The van der Waals surface area contributed by atoms with Gasteiger partial charge in [0.25, 0.3) is 5.91 Å². The molecule has 1 aliphatic rings. The van der Waals surface area contributed by atoms with Crippen molar-refractivity contribution in [3.05, 3.63) is 35.9 Å². The maximum atomic E-state index is 12.3. The van der Waals surface area contributed by atoms with Crippen LogP contribution in [0.3, 0.4) is 0 Å². The Hall–Kier alpha value is -1.94. The summed E-state index contributed by atoms with van der Waals surface area (Å²) in [7, 11) is 0.261. The number of methoxy groups -OCH3 is 1. The molecule has 0 aliphatic carbocycles. The fraction of sp³-hybridized carbons (Fsp3) is 0.600. The molecule has 2 rings (SSSR count). The average molecular weight is 424 g/mol. The highest BCUT2D eigenvalue weighted by Crippen LogP contribution is 2.13. The number of nitrogens with zero attached hydrogens (tertiary/aromatic N) is 1. The number of nitrogens with one attached hydrogen (secondary N) is 2. The first-order valence-corrected chi connectivity index (χ1v) is 13.6. The number of urea groups is 1. The van der Waals surface area contributed by atoms with E-state index >= 15 is 0 Å². The molecule has 1 aliphatic heterocycles. The second-order valence-electron chi connectivity index (χ2n) is 8.36. The predicted molar refractivity (Wildman–Crippen MR) is 113 cm³/mol. The number of ether oxygens (including phenoxy) is 3. The largest absolute Gasteiger partial charge is 0.375 e. The molecule has 2 atom stereocenters. The summed E-state index contributed by atoms with van der Waals surface area (Å²) in [6.07, 6.45) is 0.155. The predicted octanol–water partition coefficient (Wildman–Crippen LogP) is 2.00. The lowest BCUT2D eigenvalue weighted by Gasteiger charge is -2.27. The highest BCUT2D eigenvalue weighted by atomic mass is 28.3. The van der Waals surface area contributed by atoms with Gasteiger partial charge in [-0.05, 0) is 18.0 Å². The molecule has 1 aromatic rings. The maximum Gasteiger partial charge on any atom is 0.333 e. The molecular formula is C20H33N3O5Si. The first-order chi connectivity index (χ1) is 13.8. The Kier molecular flexibility index (Phi) is 9.09. The number of amides is 3. The maximum absolute atomic E-state index is 12.3. The lowest BCUT2D eigenvalue weighted by molar-refractivity contribution is -0.143. The summed E-state index contributed by atoms with van der Waals surface area (Å²) in [6.45, 7) is 7.71. The van der Waals surface area contributed by atoms with Crippen LogP contribution in [-0.4, -0.2) is 70.8 Å². The summed E-state index contributed by atoms with van der Waals surface area (Å²) >= 11 is 0. The zero-order valence-electron chi connectivity index (χ0n) is 17.8. The van der Waals surface area contributed by atoms with Crippen molar-refractivity contribution in [3.63, 3.8) is 0 Å². The van der Waals surface area contributed by atoms with Gasteiger partial charge in [-0.2, -0.15) is 0 Å². The van der Waals surface area contributed by atoms with Gasteiger partial charge in [-0.15, -0.1) is 0 Å². The third-order valence-electron chi connectivity index (χ3n) is 4.59. The van der Waals surface area contributed by atoms with E-state index in [4.69, 9.17) is 14.2 Å². The fourth-order valence-electron chi connectivity index (χ4n) is 2.93. The molecule has 1 aromatic carbocycles. The van der Waals surface area contributed by atoms with Crippen LogP contribution in [0.5, 0.6) is 0 Å². The topological polar surface area (TPSA) is 89.1 Å². The van der Waals surface area contributed by atoms with E-state index in [1.165, 1.54) is 12.1 Å². The molecule has 9 heteroatoms. The van der Waals surface area contributed by atoms with Gasteiger partial charge < -0.3 is 19.5 Å². The van der Waals surface area contributed by atoms with Crippen molar-refractivity contribution < 1.29 is 23.8 Å². The van der Waals surface area contributed by atoms with Crippen molar-refractivity contribution in [2.45, 2.75) is 44.3 Å². The lowest BCUT2D eigenvalue weighted by atomic mass is 10.0. The molecule has 1 saturated heterocycles. The van der Waals surface area contributed by atoms with Crippen molar-refractivity contribution in [1.29, 1.82) is 0 Å². The van der Waals surface area contributed by atoms with Crippen LogP contribution in [-0.2, 0) is 25.4 Å². The fourth-order valence-corrected chi connectivity index (χ4v) is 3.68. The molecule has 1 fully saturated rings. The molecule has 29 heavy (non-hydrogen) atoms. The molecule has 0 saturated carbocycles. The van der Waals surface area contributed by atoms with E-state index in [-0.39, 0.29) is 31.9 Å². The summed E-state index contributed by atoms with van der Waals surface area (Å²) in [4.78, 5) is 24.6. The second-order valence-corrected chi connectivity index (χ2v) is 14.0. The van der Waals surface area contributed by atoms with Crippen LogP contribution in [0.15, 0.2) is 30.3 Å². The number of benzene rings is 1. The van der Waals surface area contributed by atoms with Crippen molar-refractivity contribution in [3.8, 4) is 0 Å². The quantitative estimate of drug-likeness (QED) is 0.341. The summed E-state index contributed by atoms with van der Waals surface area (Å²) in [5.74, 6) is -0.337. The first-order valence-electron chi connectivity index (χ1n) is 9.88. The Bertz CT molecular complexity index is 653. The minimum Gasteiger partial charge on any atom is -0.375 e. The lowest BCUT2D eigenvalue weighted by Crippen LogP contribution is -2.49. The number of carbonyl (C=O) groups excluding carboxylic acids is 2. The minimum absolute atomic E-state index is 0.114. The molecule has 1 heterocycles. The van der Waals surface area contributed by atoms with Gasteiger partial charge in [0, 0.05) is 21.8 Å². The first kappa shape index (κ1) is 23.3. The van der Waals surface area contributed by atoms with Gasteiger partial charge in [-0.1, -0.05) is 50.0 Å².